The van der Waals surface area contributed by atoms with Gasteiger partial charge in [-0.05, 0) is 37.0 Å². The van der Waals surface area contributed by atoms with Gasteiger partial charge in [-0.2, -0.15) is 0 Å². The Morgan fingerprint density at radius 2 is 1.62 bits per heavy atom. The molecule has 0 aromatic rings. The molecule has 0 heterocycles. The minimum absolute atomic E-state index is 0.0178. The normalized spacial score (nSPS) is 34.3. The molecule has 0 aromatic carbocycles. The Bertz CT molecular complexity index is 732. The van der Waals surface area contributed by atoms with Crippen LogP contribution >= 0.6 is 0 Å². The van der Waals surface area contributed by atoms with Crippen molar-refractivity contribution in [3.8, 4) is 0 Å². The second-order valence-corrected chi connectivity index (χ2v) is 9.07. The molecule has 0 radical (unpaired) electrons. The highest BCUT2D eigenvalue weighted by atomic mass is 16.5. The van der Waals surface area contributed by atoms with E-state index >= 15 is 0 Å². The summed E-state index contributed by atoms with van der Waals surface area (Å²) >= 11 is 0. The SMILES string of the molecule is CC=CC=CC=CC(=O)OC1CC(C(=O)O)C(C(=O)O)C2(C)CCCC(C)(C)C12. The molecule has 29 heavy (non-hydrogen) atoms. The molecule has 2 N–H and O–H groups in total. The molecule has 0 bridgehead atoms. The first-order valence-corrected chi connectivity index (χ1v) is 10.2. The van der Waals surface area contributed by atoms with Gasteiger partial charge >= 0.3 is 17.9 Å². The van der Waals surface area contributed by atoms with Gasteiger partial charge in [-0.25, -0.2) is 4.79 Å². The lowest BCUT2D eigenvalue weighted by Crippen LogP contribution is -2.61. The van der Waals surface area contributed by atoms with E-state index in [1.165, 1.54) is 6.08 Å². The molecule has 2 aliphatic rings. The topological polar surface area (TPSA) is 101 Å². The highest BCUT2D eigenvalue weighted by Crippen LogP contribution is 2.61. The molecule has 2 fully saturated rings. The summed E-state index contributed by atoms with van der Waals surface area (Å²) in [5, 5.41) is 19.6. The predicted octanol–water partition coefficient (Wildman–Crippen LogP) is 4.22. The van der Waals surface area contributed by atoms with Gasteiger partial charge in [0.2, 0.25) is 0 Å². The standard InChI is InChI=1S/C23H32O6/c1-5-6-7-8-9-11-17(24)29-16-14-15(20(25)26)18(21(27)28)23(4)13-10-12-22(2,3)19(16)23/h5-9,11,15-16,18-19H,10,12-14H2,1-4H3,(H,25,26)(H,27,28). The highest BCUT2D eigenvalue weighted by Gasteiger charge is 2.63. The molecule has 0 saturated heterocycles. The van der Waals surface area contributed by atoms with Crippen molar-refractivity contribution in [2.24, 2.45) is 28.6 Å². The van der Waals surface area contributed by atoms with Crippen molar-refractivity contribution in [2.75, 3.05) is 0 Å². The van der Waals surface area contributed by atoms with Gasteiger partial charge in [0.05, 0.1) is 11.8 Å². The Hall–Kier alpha value is -2.37. The molecular formula is C23H32O6. The van der Waals surface area contributed by atoms with E-state index in [0.717, 1.165) is 12.8 Å². The third-order valence-corrected chi connectivity index (χ3v) is 6.67. The summed E-state index contributed by atoms with van der Waals surface area (Å²) in [6, 6.07) is 0. The summed E-state index contributed by atoms with van der Waals surface area (Å²) in [7, 11) is 0. The molecule has 0 spiro atoms. The summed E-state index contributed by atoms with van der Waals surface area (Å²) in [5.41, 5.74) is -1.01. The smallest absolute Gasteiger partial charge is 0.331 e. The lowest BCUT2D eigenvalue weighted by Gasteiger charge is -2.59. The van der Waals surface area contributed by atoms with Crippen LogP contribution in [0.1, 0.15) is 53.4 Å². The van der Waals surface area contributed by atoms with Gasteiger partial charge in [0, 0.05) is 12.0 Å². The number of allylic oxidation sites excluding steroid dienone is 5. The number of ether oxygens (including phenoxy) is 1. The Labute approximate surface area is 172 Å². The largest absolute Gasteiger partial charge is 0.481 e. The van der Waals surface area contributed by atoms with E-state index in [1.807, 2.05) is 26.0 Å². The van der Waals surface area contributed by atoms with Crippen LogP contribution in [0.2, 0.25) is 0 Å². The van der Waals surface area contributed by atoms with Crippen molar-refractivity contribution >= 4 is 17.9 Å². The summed E-state index contributed by atoms with van der Waals surface area (Å²) in [6.45, 7) is 7.87. The van der Waals surface area contributed by atoms with Gasteiger partial charge < -0.3 is 14.9 Å². The van der Waals surface area contributed by atoms with Gasteiger partial charge in [0.1, 0.15) is 6.10 Å². The monoisotopic (exact) mass is 404 g/mol. The van der Waals surface area contributed by atoms with Crippen LogP contribution in [0.5, 0.6) is 0 Å². The maximum absolute atomic E-state index is 12.4. The quantitative estimate of drug-likeness (QED) is 0.390. The molecule has 5 unspecified atom stereocenters. The van der Waals surface area contributed by atoms with Crippen LogP contribution in [-0.4, -0.2) is 34.2 Å². The van der Waals surface area contributed by atoms with Gasteiger partial charge in [-0.3, -0.25) is 9.59 Å². The number of hydrogen-bond acceptors (Lipinski definition) is 4. The lowest BCUT2D eigenvalue weighted by molar-refractivity contribution is -0.201. The van der Waals surface area contributed by atoms with Crippen molar-refractivity contribution in [3.05, 3.63) is 36.5 Å². The maximum Gasteiger partial charge on any atom is 0.331 e. The molecule has 2 aliphatic carbocycles. The van der Waals surface area contributed by atoms with E-state index in [1.54, 1.807) is 18.2 Å². The molecule has 6 heteroatoms. The average molecular weight is 405 g/mol. The molecule has 5 atom stereocenters. The number of carboxylic acid groups (broad SMARTS) is 2. The first-order chi connectivity index (χ1) is 13.5. The van der Waals surface area contributed by atoms with E-state index in [-0.39, 0.29) is 17.8 Å². The third-order valence-electron chi connectivity index (χ3n) is 6.67. The Balaban J connectivity index is 2.36. The molecule has 0 amide bonds. The second-order valence-electron chi connectivity index (χ2n) is 9.07. The Morgan fingerprint density at radius 1 is 0.966 bits per heavy atom. The lowest BCUT2D eigenvalue weighted by atomic mass is 9.45. The molecule has 2 saturated carbocycles. The number of carbonyl (C=O) groups is 3. The summed E-state index contributed by atoms with van der Waals surface area (Å²) < 4.78 is 5.74. The van der Waals surface area contributed by atoms with Crippen molar-refractivity contribution in [2.45, 2.75) is 59.5 Å². The van der Waals surface area contributed by atoms with E-state index < -0.39 is 41.3 Å². The van der Waals surface area contributed by atoms with Gasteiger partial charge in [0.25, 0.3) is 0 Å². The molecule has 0 aliphatic heterocycles. The number of aliphatic carboxylic acids is 2. The van der Waals surface area contributed by atoms with Crippen LogP contribution in [0.3, 0.4) is 0 Å². The van der Waals surface area contributed by atoms with E-state index in [4.69, 9.17) is 4.74 Å². The highest BCUT2D eigenvalue weighted by molar-refractivity contribution is 5.83. The zero-order chi connectivity index (χ0) is 21.8. The van der Waals surface area contributed by atoms with Crippen molar-refractivity contribution in [1.82, 2.24) is 0 Å². The number of fused-ring (bicyclic) bond motifs is 1. The number of carboxylic acids is 2. The summed E-state index contributed by atoms with van der Waals surface area (Å²) in [4.78, 5) is 36.4. The summed E-state index contributed by atoms with van der Waals surface area (Å²) in [6.07, 6.45) is 11.8. The third kappa shape index (κ3) is 4.80. The van der Waals surface area contributed by atoms with Crippen LogP contribution in [0.15, 0.2) is 36.5 Å². The number of esters is 1. The minimum atomic E-state index is -1.15. The van der Waals surface area contributed by atoms with Gasteiger partial charge in [-0.1, -0.05) is 57.6 Å². The van der Waals surface area contributed by atoms with Crippen LogP contribution < -0.4 is 0 Å². The van der Waals surface area contributed by atoms with Gasteiger partial charge in [0.15, 0.2) is 0 Å². The molecule has 0 aromatic heterocycles. The Kier molecular flexibility index (Phi) is 7.09. The van der Waals surface area contributed by atoms with Crippen LogP contribution in [0.25, 0.3) is 0 Å². The second kappa shape index (κ2) is 8.97. The summed E-state index contributed by atoms with van der Waals surface area (Å²) in [5.74, 6) is -5.08. The first-order valence-electron chi connectivity index (χ1n) is 10.2. The number of rotatable bonds is 6. The molecule has 2 rings (SSSR count). The van der Waals surface area contributed by atoms with E-state index in [0.29, 0.717) is 6.42 Å². The minimum Gasteiger partial charge on any atom is -0.481 e. The van der Waals surface area contributed by atoms with Crippen LogP contribution in [-0.2, 0) is 19.1 Å². The zero-order valence-corrected chi connectivity index (χ0v) is 17.6. The fraction of sp³-hybridized carbons (Fsp3) is 0.609. The first kappa shape index (κ1) is 22.9. The van der Waals surface area contributed by atoms with Gasteiger partial charge in [-0.15, -0.1) is 0 Å². The number of carbonyl (C=O) groups excluding carboxylic acids is 1. The maximum atomic E-state index is 12.4. The number of hydrogen-bond donors (Lipinski definition) is 2. The van der Waals surface area contributed by atoms with E-state index in [9.17, 15) is 24.6 Å². The Morgan fingerprint density at radius 3 is 2.21 bits per heavy atom. The van der Waals surface area contributed by atoms with Crippen molar-refractivity contribution < 1.29 is 29.3 Å². The van der Waals surface area contributed by atoms with Crippen molar-refractivity contribution in [3.63, 3.8) is 0 Å². The zero-order valence-electron chi connectivity index (χ0n) is 17.6. The van der Waals surface area contributed by atoms with Crippen molar-refractivity contribution in [1.29, 1.82) is 0 Å². The van der Waals surface area contributed by atoms with Crippen LogP contribution in [0.4, 0.5) is 0 Å². The molecule has 160 valence electrons. The average Bonchev–Trinajstić information content (AvgIpc) is 2.59. The molecule has 6 nitrogen and oxygen atoms in total. The molecular weight excluding hydrogens is 372 g/mol. The van der Waals surface area contributed by atoms with E-state index in [2.05, 4.69) is 13.8 Å². The fourth-order valence-corrected chi connectivity index (χ4v) is 5.76. The predicted molar refractivity (Wildman–Crippen MR) is 109 cm³/mol. The van der Waals surface area contributed by atoms with Crippen LogP contribution in [0, 0.1) is 28.6 Å². The fourth-order valence-electron chi connectivity index (χ4n) is 5.76.